The van der Waals surface area contributed by atoms with Crippen molar-refractivity contribution in [1.29, 1.82) is 5.26 Å². The topological polar surface area (TPSA) is 58.8 Å². The minimum absolute atomic E-state index is 0.165. The molecule has 4 heteroatoms. The molecule has 0 aromatic carbocycles. The summed E-state index contributed by atoms with van der Waals surface area (Å²) in [7, 11) is 0. The van der Waals surface area contributed by atoms with Crippen molar-refractivity contribution >= 4 is 0 Å². The molecular formula is C15H21N3O. The van der Waals surface area contributed by atoms with Gasteiger partial charge in [-0.15, -0.1) is 0 Å². The fourth-order valence-corrected chi connectivity index (χ4v) is 2.85. The SMILES string of the molecule is CC1CCC(C(C)C)C(Oc2nccc(C#N)n2)C1. The second-order valence-electron chi connectivity index (χ2n) is 5.82. The van der Waals surface area contributed by atoms with Crippen LogP contribution in [0.2, 0.25) is 0 Å². The minimum atomic E-state index is 0.165. The van der Waals surface area contributed by atoms with Gasteiger partial charge < -0.3 is 4.74 Å². The van der Waals surface area contributed by atoms with E-state index in [4.69, 9.17) is 10.00 Å². The van der Waals surface area contributed by atoms with E-state index >= 15 is 0 Å². The van der Waals surface area contributed by atoms with E-state index in [-0.39, 0.29) is 6.10 Å². The zero-order valence-corrected chi connectivity index (χ0v) is 11.8. The van der Waals surface area contributed by atoms with E-state index < -0.39 is 0 Å². The van der Waals surface area contributed by atoms with Crippen molar-refractivity contribution in [3.63, 3.8) is 0 Å². The molecule has 1 aromatic heterocycles. The highest BCUT2D eigenvalue weighted by Gasteiger charge is 2.32. The summed E-state index contributed by atoms with van der Waals surface area (Å²) in [5.41, 5.74) is 0.356. The highest BCUT2D eigenvalue weighted by molar-refractivity contribution is 5.19. The highest BCUT2D eigenvalue weighted by atomic mass is 16.5. The van der Waals surface area contributed by atoms with E-state index in [0.717, 1.165) is 6.42 Å². The lowest BCUT2D eigenvalue weighted by Crippen LogP contribution is -2.36. The monoisotopic (exact) mass is 259 g/mol. The number of nitrogens with zero attached hydrogens (tertiary/aromatic N) is 3. The Labute approximate surface area is 114 Å². The largest absolute Gasteiger partial charge is 0.460 e. The number of hydrogen-bond donors (Lipinski definition) is 0. The normalized spacial score (nSPS) is 27.0. The number of aromatic nitrogens is 2. The highest BCUT2D eigenvalue weighted by Crippen LogP contribution is 2.35. The Hall–Kier alpha value is -1.63. The van der Waals surface area contributed by atoms with Crippen LogP contribution in [0.25, 0.3) is 0 Å². The molecule has 1 saturated carbocycles. The summed E-state index contributed by atoms with van der Waals surface area (Å²) in [6, 6.07) is 3.95. The molecule has 0 radical (unpaired) electrons. The van der Waals surface area contributed by atoms with Crippen molar-refractivity contribution in [2.45, 2.75) is 46.1 Å². The van der Waals surface area contributed by atoms with Gasteiger partial charge in [-0.05, 0) is 36.7 Å². The molecule has 19 heavy (non-hydrogen) atoms. The van der Waals surface area contributed by atoms with E-state index in [9.17, 15) is 0 Å². The average molecular weight is 259 g/mol. The van der Waals surface area contributed by atoms with Gasteiger partial charge in [0.1, 0.15) is 17.9 Å². The number of rotatable bonds is 3. The number of ether oxygens (including phenoxy) is 1. The smallest absolute Gasteiger partial charge is 0.317 e. The summed E-state index contributed by atoms with van der Waals surface area (Å²) in [5, 5.41) is 8.85. The first kappa shape index (κ1) is 13.8. The zero-order valence-electron chi connectivity index (χ0n) is 11.8. The summed E-state index contributed by atoms with van der Waals surface area (Å²) in [4.78, 5) is 8.23. The van der Waals surface area contributed by atoms with Crippen LogP contribution in [-0.2, 0) is 0 Å². The van der Waals surface area contributed by atoms with Crippen LogP contribution in [0.1, 0.15) is 45.7 Å². The third kappa shape index (κ3) is 3.44. The van der Waals surface area contributed by atoms with Crippen molar-refractivity contribution in [3.8, 4) is 12.1 Å². The van der Waals surface area contributed by atoms with Gasteiger partial charge in [-0.25, -0.2) is 4.98 Å². The third-order valence-electron chi connectivity index (χ3n) is 3.97. The Bertz CT molecular complexity index is 467. The number of hydrogen-bond acceptors (Lipinski definition) is 4. The van der Waals surface area contributed by atoms with Crippen molar-refractivity contribution in [2.75, 3.05) is 0 Å². The molecule has 0 bridgehead atoms. The van der Waals surface area contributed by atoms with E-state index in [1.54, 1.807) is 12.3 Å². The summed E-state index contributed by atoms with van der Waals surface area (Å²) in [6.07, 6.45) is 5.25. The lowest BCUT2D eigenvalue weighted by Gasteiger charge is -2.36. The van der Waals surface area contributed by atoms with E-state index in [0.29, 0.717) is 29.5 Å². The maximum atomic E-state index is 8.85. The second kappa shape index (κ2) is 6.01. The van der Waals surface area contributed by atoms with Crippen LogP contribution in [-0.4, -0.2) is 16.1 Å². The van der Waals surface area contributed by atoms with Crippen LogP contribution < -0.4 is 4.74 Å². The molecule has 1 aromatic rings. The Morgan fingerprint density at radius 1 is 1.42 bits per heavy atom. The van der Waals surface area contributed by atoms with Crippen molar-refractivity contribution in [2.24, 2.45) is 17.8 Å². The van der Waals surface area contributed by atoms with Gasteiger partial charge in [-0.1, -0.05) is 27.2 Å². The van der Waals surface area contributed by atoms with Gasteiger partial charge in [-0.2, -0.15) is 10.2 Å². The molecule has 0 N–H and O–H groups in total. The van der Waals surface area contributed by atoms with Crippen LogP contribution in [0.4, 0.5) is 0 Å². The molecule has 1 aliphatic carbocycles. The number of nitriles is 1. The van der Waals surface area contributed by atoms with E-state index in [2.05, 4.69) is 30.7 Å². The maximum absolute atomic E-state index is 8.85. The van der Waals surface area contributed by atoms with Gasteiger partial charge in [-0.3, -0.25) is 0 Å². The van der Waals surface area contributed by atoms with Gasteiger partial charge in [0.15, 0.2) is 0 Å². The fourth-order valence-electron chi connectivity index (χ4n) is 2.85. The summed E-state index contributed by atoms with van der Waals surface area (Å²) >= 11 is 0. The molecule has 0 aliphatic heterocycles. The van der Waals surface area contributed by atoms with Crippen molar-refractivity contribution in [1.82, 2.24) is 9.97 Å². The molecule has 0 amide bonds. The van der Waals surface area contributed by atoms with Crippen LogP contribution in [0.5, 0.6) is 6.01 Å². The molecule has 0 saturated heterocycles. The molecule has 3 unspecified atom stereocenters. The Morgan fingerprint density at radius 2 is 2.21 bits per heavy atom. The lowest BCUT2D eigenvalue weighted by molar-refractivity contribution is 0.0389. The van der Waals surface area contributed by atoms with Gasteiger partial charge in [0.05, 0.1) is 0 Å². The second-order valence-corrected chi connectivity index (χ2v) is 5.82. The molecule has 1 fully saturated rings. The van der Waals surface area contributed by atoms with Gasteiger partial charge in [0.2, 0.25) is 0 Å². The predicted molar refractivity (Wildman–Crippen MR) is 72.5 cm³/mol. The van der Waals surface area contributed by atoms with Crippen molar-refractivity contribution < 1.29 is 4.74 Å². The molecule has 102 valence electrons. The maximum Gasteiger partial charge on any atom is 0.317 e. The van der Waals surface area contributed by atoms with Crippen LogP contribution in [0.15, 0.2) is 12.3 Å². The first-order valence-corrected chi connectivity index (χ1v) is 7.00. The zero-order chi connectivity index (χ0) is 13.8. The summed E-state index contributed by atoms with van der Waals surface area (Å²) in [5.74, 6) is 1.82. The third-order valence-corrected chi connectivity index (χ3v) is 3.97. The Morgan fingerprint density at radius 3 is 2.89 bits per heavy atom. The van der Waals surface area contributed by atoms with Gasteiger partial charge in [0, 0.05) is 6.20 Å². The van der Waals surface area contributed by atoms with E-state index in [1.165, 1.54) is 12.8 Å². The minimum Gasteiger partial charge on any atom is -0.460 e. The van der Waals surface area contributed by atoms with Crippen LogP contribution >= 0.6 is 0 Å². The van der Waals surface area contributed by atoms with Gasteiger partial charge >= 0.3 is 6.01 Å². The molecule has 1 heterocycles. The molecule has 0 spiro atoms. The molecular weight excluding hydrogens is 238 g/mol. The standard InChI is InChI=1S/C15H21N3O/c1-10(2)13-5-4-11(3)8-14(13)19-15-17-7-6-12(9-16)18-15/h6-7,10-11,13-14H,4-5,8H2,1-3H3. The predicted octanol–water partition coefficient (Wildman–Crippen LogP) is 3.19. The first-order chi connectivity index (χ1) is 9.10. The summed E-state index contributed by atoms with van der Waals surface area (Å²) in [6.45, 7) is 6.74. The lowest BCUT2D eigenvalue weighted by atomic mass is 9.75. The fraction of sp³-hybridized carbons (Fsp3) is 0.667. The average Bonchev–Trinajstić information content (AvgIpc) is 2.38. The molecule has 3 atom stereocenters. The molecule has 2 rings (SSSR count). The molecule has 1 aliphatic rings. The molecule has 4 nitrogen and oxygen atoms in total. The summed E-state index contributed by atoms with van der Waals surface area (Å²) < 4.78 is 5.97. The Kier molecular flexibility index (Phi) is 4.36. The van der Waals surface area contributed by atoms with Gasteiger partial charge in [0.25, 0.3) is 0 Å². The van der Waals surface area contributed by atoms with Crippen LogP contribution in [0.3, 0.4) is 0 Å². The van der Waals surface area contributed by atoms with E-state index in [1.807, 2.05) is 6.07 Å². The van der Waals surface area contributed by atoms with Crippen LogP contribution in [0, 0.1) is 29.1 Å². The van der Waals surface area contributed by atoms with Crippen molar-refractivity contribution in [3.05, 3.63) is 18.0 Å². The Balaban J connectivity index is 2.12. The quantitative estimate of drug-likeness (QED) is 0.836. The first-order valence-electron chi connectivity index (χ1n) is 7.00.